The third kappa shape index (κ3) is 6.86. The Kier molecular flexibility index (Phi) is 9.41. The lowest BCUT2D eigenvalue weighted by molar-refractivity contribution is 0.256. The fourth-order valence-corrected chi connectivity index (χ4v) is 7.16. The van der Waals surface area contributed by atoms with E-state index in [4.69, 9.17) is 4.98 Å². The molecular weight excluding hydrogens is 552 g/mol. The van der Waals surface area contributed by atoms with Crippen LogP contribution in [0.5, 0.6) is 0 Å². The van der Waals surface area contributed by atoms with Crippen molar-refractivity contribution in [2.45, 2.75) is 79.8 Å². The lowest BCUT2D eigenvalue weighted by Gasteiger charge is -2.36. The molecule has 2 aliphatic rings. The van der Waals surface area contributed by atoms with Crippen molar-refractivity contribution in [1.82, 2.24) is 29.7 Å². The predicted octanol–water partition coefficient (Wildman–Crippen LogP) is 8.79. The number of aromatic amines is 2. The van der Waals surface area contributed by atoms with E-state index in [2.05, 4.69) is 115 Å². The van der Waals surface area contributed by atoms with Crippen LogP contribution in [-0.2, 0) is 25.9 Å². The number of rotatable bonds is 12. The van der Waals surface area contributed by atoms with E-state index in [1.807, 2.05) is 12.4 Å². The van der Waals surface area contributed by atoms with Crippen molar-refractivity contribution in [3.05, 3.63) is 95.0 Å². The lowest BCUT2D eigenvalue weighted by Crippen LogP contribution is -2.31. The molecule has 1 atom stereocenters. The Hall–Kier alpha value is -3.90. The maximum atomic E-state index is 4.86. The van der Waals surface area contributed by atoms with E-state index < -0.39 is 0 Å². The first kappa shape index (κ1) is 31.1. The Morgan fingerprint density at radius 3 is 1.93 bits per heavy atom. The summed E-state index contributed by atoms with van der Waals surface area (Å²) < 4.78 is 0. The number of nitrogens with one attached hydrogen (secondary N) is 2. The van der Waals surface area contributed by atoms with Crippen LogP contribution >= 0.6 is 0 Å². The minimum absolute atomic E-state index is 0.560. The molecule has 6 heteroatoms. The highest BCUT2D eigenvalue weighted by Gasteiger charge is 2.26. The van der Waals surface area contributed by atoms with Crippen molar-refractivity contribution in [3.8, 4) is 33.6 Å². The number of imidazole rings is 2. The van der Waals surface area contributed by atoms with E-state index in [-0.39, 0.29) is 0 Å². The molecule has 0 fully saturated rings. The summed E-state index contributed by atoms with van der Waals surface area (Å²) in [5.41, 5.74) is 13.1. The Bertz CT molecular complexity index is 1680. The molecule has 0 bridgehead atoms. The molecule has 236 valence electrons. The van der Waals surface area contributed by atoms with Crippen molar-refractivity contribution in [2.75, 3.05) is 20.1 Å². The predicted molar refractivity (Wildman–Crippen MR) is 187 cm³/mol. The van der Waals surface area contributed by atoms with E-state index in [1.54, 1.807) is 0 Å². The third-order valence-corrected chi connectivity index (χ3v) is 9.53. The molecule has 0 aliphatic heterocycles. The van der Waals surface area contributed by atoms with Crippen LogP contribution in [-0.4, -0.2) is 49.9 Å². The molecule has 2 aromatic heterocycles. The molecule has 0 amide bonds. The molecule has 6 nitrogen and oxygen atoms in total. The molecule has 2 heterocycles. The Morgan fingerprint density at radius 1 is 0.800 bits per heavy atom. The van der Waals surface area contributed by atoms with Gasteiger partial charge in [-0.05, 0) is 110 Å². The largest absolute Gasteiger partial charge is 0.367 e. The van der Waals surface area contributed by atoms with E-state index >= 15 is 0 Å². The smallest absolute Gasteiger partial charge is 0.126 e. The zero-order valence-corrected chi connectivity index (χ0v) is 28.1. The van der Waals surface area contributed by atoms with Gasteiger partial charge in [0.25, 0.3) is 0 Å². The summed E-state index contributed by atoms with van der Waals surface area (Å²) in [7, 11) is 2.15. The highest BCUT2D eigenvalue weighted by molar-refractivity contribution is 5.79. The van der Waals surface area contributed by atoms with Crippen molar-refractivity contribution in [3.63, 3.8) is 0 Å². The molecule has 2 N–H and O–H groups in total. The summed E-state index contributed by atoms with van der Waals surface area (Å²) in [5.74, 6) is 3.22. The summed E-state index contributed by atoms with van der Waals surface area (Å²) in [5, 5.41) is 0. The zero-order valence-electron chi connectivity index (χ0n) is 28.1. The minimum atomic E-state index is 0.560. The van der Waals surface area contributed by atoms with E-state index in [9.17, 15) is 0 Å². The molecule has 0 saturated carbocycles. The number of aryl methyl sites for hydroxylation is 2. The first-order valence-electron chi connectivity index (χ1n) is 17.0. The Labute approximate surface area is 269 Å². The second-order valence-corrected chi connectivity index (χ2v) is 13.5. The van der Waals surface area contributed by atoms with Crippen LogP contribution in [0.15, 0.2) is 72.2 Å². The quantitative estimate of drug-likeness (QED) is 0.170. The third-order valence-electron chi connectivity index (χ3n) is 9.53. The molecule has 0 radical (unpaired) electrons. The number of benzene rings is 2. The topological polar surface area (TPSA) is 63.8 Å². The van der Waals surface area contributed by atoms with Gasteiger partial charge in [-0.15, -0.1) is 0 Å². The number of allylic oxidation sites excluding steroid dienone is 4. The molecule has 4 aromatic rings. The van der Waals surface area contributed by atoms with Crippen LogP contribution in [0.25, 0.3) is 33.6 Å². The van der Waals surface area contributed by atoms with Gasteiger partial charge in [0.1, 0.15) is 11.6 Å². The van der Waals surface area contributed by atoms with E-state index in [0.29, 0.717) is 11.8 Å². The van der Waals surface area contributed by atoms with Crippen molar-refractivity contribution >= 4 is 0 Å². The molecule has 0 saturated heterocycles. The average Bonchev–Trinajstić information content (AvgIpc) is 3.70. The molecule has 6 rings (SSSR count). The highest BCUT2D eigenvalue weighted by atomic mass is 15.2. The average molecular weight is 603 g/mol. The van der Waals surface area contributed by atoms with Gasteiger partial charge in [-0.1, -0.05) is 63.6 Å². The first-order valence-corrected chi connectivity index (χ1v) is 17.0. The van der Waals surface area contributed by atoms with Gasteiger partial charge < -0.3 is 14.9 Å². The summed E-state index contributed by atoms with van der Waals surface area (Å²) in [4.78, 5) is 21.6. The van der Waals surface area contributed by atoms with E-state index in [1.165, 1.54) is 44.7 Å². The van der Waals surface area contributed by atoms with Crippen molar-refractivity contribution in [1.29, 1.82) is 0 Å². The maximum absolute atomic E-state index is 4.86. The summed E-state index contributed by atoms with van der Waals surface area (Å²) in [6.45, 7) is 15.2. The molecule has 45 heavy (non-hydrogen) atoms. The van der Waals surface area contributed by atoms with E-state index in [0.717, 1.165) is 81.3 Å². The molecule has 1 unspecified atom stereocenters. The minimum Gasteiger partial charge on any atom is -0.367 e. The van der Waals surface area contributed by atoms with Crippen molar-refractivity contribution in [2.24, 2.45) is 11.8 Å². The first-order chi connectivity index (χ1) is 21.8. The lowest BCUT2D eigenvalue weighted by atomic mass is 9.83. The standard InChI is InChI=1S/C39H50N6/c1-7-17-44(6)24-38-40-22-35(42-38)30-12-14-32-28(20-30)10-11-29-21-31(13-15-33(29)32)36-23-41-39(43-36)25-45(18-8-2)37-16-9-27(5)19-34(37)26(3)4/h9,12-16,20-23,26,34H,7-8,10-11,17-19,24-25H2,1-6H3,(H,40,42)(H,41,43). The molecule has 2 aromatic carbocycles. The number of hydrogen-bond donors (Lipinski definition) is 2. The van der Waals surface area contributed by atoms with Crippen LogP contribution in [0.2, 0.25) is 0 Å². The van der Waals surface area contributed by atoms with Gasteiger partial charge in [-0.2, -0.15) is 0 Å². The molecule has 2 aliphatic carbocycles. The summed E-state index contributed by atoms with van der Waals surface area (Å²) >= 11 is 0. The summed E-state index contributed by atoms with van der Waals surface area (Å²) in [6, 6.07) is 13.8. The van der Waals surface area contributed by atoms with Gasteiger partial charge in [0.15, 0.2) is 0 Å². The number of aromatic nitrogens is 4. The number of nitrogens with zero attached hydrogens (tertiary/aromatic N) is 4. The fourth-order valence-electron chi connectivity index (χ4n) is 7.16. The van der Waals surface area contributed by atoms with Crippen LogP contribution in [0.1, 0.15) is 76.7 Å². The zero-order chi connectivity index (χ0) is 31.5. The molecular formula is C39H50N6. The number of hydrogen-bond acceptors (Lipinski definition) is 4. The van der Waals surface area contributed by atoms with Gasteiger partial charge in [0, 0.05) is 18.2 Å². The van der Waals surface area contributed by atoms with Gasteiger partial charge in [-0.3, -0.25) is 4.90 Å². The second-order valence-electron chi connectivity index (χ2n) is 13.5. The monoisotopic (exact) mass is 602 g/mol. The van der Waals surface area contributed by atoms with Crippen LogP contribution < -0.4 is 0 Å². The molecule has 0 spiro atoms. The fraction of sp³-hybridized carbons (Fsp3) is 0.436. The number of fused-ring (bicyclic) bond motifs is 3. The normalized spacial score (nSPS) is 16.0. The summed E-state index contributed by atoms with van der Waals surface area (Å²) in [6.07, 6.45) is 14.1. The van der Waals surface area contributed by atoms with Gasteiger partial charge >= 0.3 is 0 Å². The SMILES string of the molecule is CCCN(C)Cc1ncc(-c2ccc3c(c2)CCc2cc(-c4cnc(CN(CCC)C5=CC=C(C)CC5C(C)C)[nH]4)ccc2-3)[nH]1. The van der Waals surface area contributed by atoms with Gasteiger partial charge in [0.05, 0.1) is 36.9 Å². The van der Waals surface area contributed by atoms with Gasteiger partial charge in [-0.25, -0.2) is 9.97 Å². The van der Waals surface area contributed by atoms with Gasteiger partial charge in [0.2, 0.25) is 0 Å². The van der Waals surface area contributed by atoms with Crippen LogP contribution in [0, 0.1) is 11.8 Å². The second kappa shape index (κ2) is 13.6. The highest BCUT2D eigenvalue weighted by Crippen LogP contribution is 2.38. The Balaban J connectivity index is 1.18. The van der Waals surface area contributed by atoms with Crippen LogP contribution in [0.3, 0.4) is 0 Å². The number of H-pyrrole nitrogens is 2. The maximum Gasteiger partial charge on any atom is 0.126 e. The Morgan fingerprint density at radius 2 is 1.38 bits per heavy atom. The van der Waals surface area contributed by atoms with Crippen LogP contribution in [0.4, 0.5) is 0 Å². The van der Waals surface area contributed by atoms with Crippen molar-refractivity contribution < 1.29 is 0 Å².